The number of aryl methyl sites for hydroxylation is 1. The first kappa shape index (κ1) is 15.9. The number of methoxy groups -OCH3 is 1. The molecule has 2 aromatic rings. The maximum absolute atomic E-state index is 13.1. The van der Waals surface area contributed by atoms with Crippen molar-refractivity contribution in [2.24, 2.45) is 0 Å². The zero-order valence-electron chi connectivity index (χ0n) is 14.4. The van der Waals surface area contributed by atoms with Crippen LogP contribution in [0.25, 0.3) is 0 Å². The Morgan fingerprint density at radius 2 is 2.08 bits per heavy atom. The molecule has 0 bridgehead atoms. The van der Waals surface area contributed by atoms with Crippen LogP contribution in [0.15, 0.2) is 30.6 Å². The van der Waals surface area contributed by atoms with Gasteiger partial charge >= 0.3 is 0 Å². The Balaban J connectivity index is 1.58. The van der Waals surface area contributed by atoms with Crippen LogP contribution in [0, 0.1) is 0 Å². The standard InChI is InChI=1S/C19H22N4O2/c1-25-17-10-3-2-9-16(17)23-11-5-8-15(19(23)24)22-18-13-6-4-7-14(13)20-12-21-18/h2-3,9-10,12,15H,4-8,11H2,1H3,(H,20,21,22)/t15-/m0/s1. The van der Waals surface area contributed by atoms with Gasteiger partial charge in [-0.2, -0.15) is 0 Å². The van der Waals surface area contributed by atoms with Gasteiger partial charge in [0.15, 0.2) is 0 Å². The summed E-state index contributed by atoms with van der Waals surface area (Å²) in [5.74, 6) is 1.61. The van der Waals surface area contributed by atoms with Gasteiger partial charge in [-0.15, -0.1) is 0 Å². The number of rotatable bonds is 4. The third-order valence-electron chi connectivity index (χ3n) is 5.00. The molecule has 1 aliphatic carbocycles. The molecule has 1 atom stereocenters. The number of fused-ring (bicyclic) bond motifs is 1. The molecule has 0 spiro atoms. The molecule has 1 amide bonds. The highest BCUT2D eigenvalue weighted by Gasteiger charge is 2.32. The minimum Gasteiger partial charge on any atom is -0.495 e. The number of piperidine rings is 1. The van der Waals surface area contributed by atoms with E-state index in [1.165, 1.54) is 5.56 Å². The van der Waals surface area contributed by atoms with E-state index in [2.05, 4.69) is 15.3 Å². The SMILES string of the molecule is COc1ccccc1N1CCC[C@H](Nc2ncnc3c2CCC3)C1=O. The Bertz CT molecular complexity index is 793. The average Bonchev–Trinajstić information content (AvgIpc) is 3.13. The zero-order valence-corrected chi connectivity index (χ0v) is 14.4. The predicted molar refractivity (Wildman–Crippen MR) is 96.0 cm³/mol. The van der Waals surface area contributed by atoms with Gasteiger partial charge in [0.25, 0.3) is 0 Å². The number of hydrogen-bond acceptors (Lipinski definition) is 5. The molecule has 2 heterocycles. The number of ether oxygens (including phenoxy) is 1. The van der Waals surface area contributed by atoms with Gasteiger partial charge in [-0.05, 0) is 44.2 Å². The smallest absolute Gasteiger partial charge is 0.249 e. The molecule has 130 valence electrons. The molecular weight excluding hydrogens is 316 g/mol. The molecule has 0 radical (unpaired) electrons. The summed E-state index contributed by atoms with van der Waals surface area (Å²) in [6.07, 6.45) is 6.43. The summed E-state index contributed by atoms with van der Waals surface area (Å²) in [6, 6.07) is 7.40. The minimum absolute atomic E-state index is 0.0705. The van der Waals surface area contributed by atoms with Crippen molar-refractivity contribution < 1.29 is 9.53 Å². The lowest BCUT2D eigenvalue weighted by molar-refractivity contribution is -0.120. The lowest BCUT2D eigenvalue weighted by atomic mass is 10.0. The summed E-state index contributed by atoms with van der Waals surface area (Å²) in [7, 11) is 1.63. The minimum atomic E-state index is -0.265. The van der Waals surface area contributed by atoms with Crippen molar-refractivity contribution in [1.82, 2.24) is 9.97 Å². The molecule has 1 aromatic carbocycles. The van der Waals surface area contributed by atoms with Crippen molar-refractivity contribution in [3.05, 3.63) is 41.9 Å². The van der Waals surface area contributed by atoms with Crippen LogP contribution in [-0.4, -0.2) is 35.6 Å². The van der Waals surface area contributed by atoms with Gasteiger partial charge in [0, 0.05) is 17.8 Å². The van der Waals surface area contributed by atoms with Gasteiger partial charge in [-0.3, -0.25) is 4.79 Å². The molecule has 1 saturated heterocycles. The normalized spacial score (nSPS) is 19.6. The molecular formula is C19H22N4O2. The van der Waals surface area contributed by atoms with Gasteiger partial charge in [0.05, 0.1) is 12.8 Å². The van der Waals surface area contributed by atoms with Crippen LogP contribution < -0.4 is 15.0 Å². The quantitative estimate of drug-likeness (QED) is 0.928. The van der Waals surface area contributed by atoms with Crippen LogP contribution in [-0.2, 0) is 17.6 Å². The van der Waals surface area contributed by atoms with E-state index < -0.39 is 0 Å². The fourth-order valence-corrected chi connectivity index (χ4v) is 3.75. The molecule has 6 nitrogen and oxygen atoms in total. The van der Waals surface area contributed by atoms with Crippen molar-refractivity contribution in [2.45, 2.75) is 38.1 Å². The van der Waals surface area contributed by atoms with Crippen molar-refractivity contribution >= 4 is 17.4 Å². The number of benzene rings is 1. The van der Waals surface area contributed by atoms with E-state index in [1.54, 1.807) is 13.4 Å². The molecule has 4 rings (SSSR count). The Labute approximate surface area is 147 Å². The molecule has 6 heteroatoms. The summed E-state index contributed by atoms with van der Waals surface area (Å²) in [6.45, 7) is 0.708. The van der Waals surface area contributed by atoms with Crippen molar-refractivity contribution in [3.63, 3.8) is 0 Å². The molecule has 0 unspecified atom stereocenters. The predicted octanol–water partition coefficient (Wildman–Crippen LogP) is 2.58. The molecule has 1 aliphatic heterocycles. The largest absolute Gasteiger partial charge is 0.495 e. The summed E-state index contributed by atoms with van der Waals surface area (Å²) >= 11 is 0. The van der Waals surface area contributed by atoms with Crippen LogP contribution in [0.1, 0.15) is 30.5 Å². The molecule has 25 heavy (non-hydrogen) atoms. The molecule has 1 fully saturated rings. The first-order valence-electron chi connectivity index (χ1n) is 8.81. The Morgan fingerprint density at radius 3 is 2.96 bits per heavy atom. The molecule has 1 aromatic heterocycles. The van der Waals surface area contributed by atoms with E-state index >= 15 is 0 Å². The first-order chi connectivity index (χ1) is 12.3. The number of nitrogens with one attached hydrogen (secondary N) is 1. The lowest BCUT2D eigenvalue weighted by Crippen LogP contribution is -2.48. The second-order valence-electron chi connectivity index (χ2n) is 6.50. The van der Waals surface area contributed by atoms with E-state index in [-0.39, 0.29) is 11.9 Å². The highest BCUT2D eigenvalue weighted by Crippen LogP contribution is 2.32. The Hall–Kier alpha value is -2.63. The van der Waals surface area contributed by atoms with Gasteiger partial charge in [-0.25, -0.2) is 9.97 Å². The van der Waals surface area contributed by atoms with Crippen molar-refractivity contribution in [2.75, 3.05) is 23.9 Å². The molecule has 1 N–H and O–H groups in total. The summed E-state index contributed by atoms with van der Waals surface area (Å²) in [5, 5.41) is 3.39. The monoisotopic (exact) mass is 338 g/mol. The fraction of sp³-hybridized carbons (Fsp3) is 0.421. The third kappa shape index (κ3) is 2.92. The second-order valence-corrected chi connectivity index (χ2v) is 6.50. The summed E-state index contributed by atoms with van der Waals surface area (Å²) in [4.78, 5) is 23.6. The zero-order chi connectivity index (χ0) is 17.2. The number of aromatic nitrogens is 2. The van der Waals surface area contributed by atoms with Crippen LogP contribution in [0.3, 0.4) is 0 Å². The summed E-state index contributed by atoms with van der Waals surface area (Å²) in [5.41, 5.74) is 3.11. The second kappa shape index (κ2) is 6.70. The molecule has 2 aliphatic rings. The van der Waals surface area contributed by atoms with E-state index in [0.717, 1.165) is 55.1 Å². The van der Waals surface area contributed by atoms with E-state index in [1.807, 2.05) is 29.2 Å². The number of anilines is 2. The maximum Gasteiger partial charge on any atom is 0.249 e. The van der Waals surface area contributed by atoms with Gasteiger partial charge < -0.3 is 15.0 Å². The molecule has 0 saturated carbocycles. The van der Waals surface area contributed by atoms with Crippen LogP contribution in [0.2, 0.25) is 0 Å². The number of para-hydroxylation sites is 2. The number of carbonyl (C=O) groups is 1. The van der Waals surface area contributed by atoms with Crippen LogP contribution >= 0.6 is 0 Å². The number of carbonyl (C=O) groups excluding carboxylic acids is 1. The highest BCUT2D eigenvalue weighted by atomic mass is 16.5. The highest BCUT2D eigenvalue weighted by molar-refractivity contribution is 6.00. The Kier molecular flexibility index (Phi) is 4.26. The Morgan fingerprint density at radius 1 is 1.20 bits per heavy atom. The number of nitrogens with zero attached hydrogens (tertiary/aromatic N) is 3. The number of hydrogen-bond donors (Lipinski definition) is 1. The van der Waals surface area contributed by atoms with Gasteiger partial charge in [-0.1, -0.05) is 12.1 Å². The van der Waals surface area contributed by atoms with E-state index in [4.69, 9.17) is 4.74 Å². The lowest BCUT2D eigenvalue weighted by Gasteiger charge is -2.33. The van der Waals surface area contributed by atoms with Crippen molar-refractivity contribution in [1.29, 1.82) is 0 Å². The van der Waals surface area contributed by atoms with Crippen molar-refractivity contribution in [3.8, 4) is 5.75 Å². The topological polar surface area (TPSA) is 67.3 Å². The summed E-state index contributed by atoms with van der Waals surface area (Å²) < 4.78 is 5.43. The van der Waals surface area contributed by atoms with E-state index in [0.29, 0.717) is 6.54 Å². The van der Waals surface area contributed by atoms with E-state index in [9.17, 15) is 4.79 Å². The number of amides is 1. The van der Waals surface area contributed by atoms with Gasteiger partial charge in [0.2, 0.25) is 5.91 Å². The maximum atomic E-state index is 13.1. The fourth-order valence-electron chi connectivity index (χ4n) is 3.75. The first-order valence-corrected chi connectivity index (χ1v) is 8.81. The van der Waals surface area contributed by atoms with Crippen LogP contribution in [0.4, 0.5) is 11.5 Å². The van der Waals surface area contributed by atoms with Crippen LogP contribution in [0.5, 0.6) is 5.75 Å². The third-order valence-corrected chi connectivity index (χ3v) is 5.00. The van der Waals surface area contributed by atoms with Gasteiger partial charge in [0.1, 0.15) is 23.9 Å². The average molecular weight is 338 g/mol.